The third-order valence-electron chi connectivity index (χ3n) is 5.98. The molecule has 0 radical (unpaired) electrons. The third kappa shape index (κ3) is 3.92. The van der Waals surface area contributed by atoms with Crippen molar-refractivity contribution in [2.24, 2.45) is 0 Å². The first-order chi connectivity index (χ1) is 13.7. The molecule has 150 valence electrons. The summed E-state index contributed by atoms with van der Waals surface area (Å²) in [6.07, 6.45) is 9.37. The fourth-order valence-corrected chi connectivity index (χ4v) is 4.43. The van der Waals surface area contributed by atoms with Crippen LogP contribution in [0.1, 0.15) is 60.7 Å². The molecular formula is C22H29N3O3. The lowest BCUT2D eigenvalue weighted by molar-refractivity contribution is 0.234. The van der Waals surface area contributed by atoms with Crippen LogP contribution < -0.4 is 9.47 Å². The molecule has 2 aromatic rings. The maximum Gasteiger partial charge on any atom is 0.131 e. The highest BCUT2D eigenvalue weighted by Gasteiger charge is 2.24. The summed E-state index contributed by atoms with van der Waals surface area (Å²) in [5, 5.41) is 9.86. The number of phenolic OH excluding ortho intramolecular Hbond substituents is 1. The molecule has 28 heavy (non-hydrogen) atoms. The Morgan fingerprint density at radius 3 is 2.50 bits per heavy atom. The summed E-state index contributed by atoms with van der Waals surface area (Å²) in [6.45, 7) is 2.44. The minimum Gasteiger partial charge on any atom is -0.508 e. The number of aromatic hydroxyl groups is 1. The molecule has 6 heteroatoms. The van der Waals surface area contributed by atoms with Gasteiger partial charge in [0.15, 0.2) is 0 Å². The Labute approximate surface area is 166 Å². The average molecular weight is 383 g/mol. The monoisotopic (exact) mass is 383 g/mol. The van der Waals surface area contributed by atoms with Crippen molar-refractivity contribution in [1.82, 2.24) is 14.9 Å². The van der Waals surface area contributed by atoms with Gasteiger partial charge in [-0.3, -0.25) is 4.90 Å². The molecule has 0 bridgehead atoms. The minimum atomic E-state index is 0.144. The van der Waals surface area contributed by atoms with Crippen LogP contribution in [0, 0.1) is 0 Å². The molecule has 1 aliphatic heterocycles. The lowest BCUT2D eigenvalue weighted by atomic mass is 9.88. The molecule has 0 spiro atoms. The maximum absolute atomic E-state index is 9.86. The van der Waals surface area contributed by atoms with Crippen LogP contribution in [0.2, 0.25) is 0 Å². The van der Waals surface area contributed by atoms with Gasteiger partial charge in [0.05, 0.1) is 19.8 Å². The number of benzene rings is 1. The molecular weight excluding hydrogens is 354 g/mol. The Morgan fingerprint density at radius 1 is 1.11 bits per heavy atom. The van der Waals surface area contributed by atoms with E-state index in [4.69, 9.17) is 19.4 Å². The molecule has 1 fully saturated rings. The van der Waals surface area contributed by atoms with Crippen LogP contribution in [0.3, 0.4) is 0 Å². The van der Waals surface area contributed by atoms with Gasteiger partial charge >= 0.3 is 0 Å². The molecule has 2 heterocycles. The summed E-state index contributed by atoms with van der Waals surface area (Å²) in [4.78, 5) is 12.0. The molecule has 0 unspecified atom stereocenters. The number of aromatic nitrogens is 2. The van der Waals surface area contributed by atoms with Crippen LogP contribution in [0.25, 0.3) is 0 Å². The van der Waals surface area contributed by atoms with Crippen LogP contribution in [0.15, 0.2) is 18.3 Å². The Balaban J connectivity index is 1.50. The van der Waals surface area contributed by atoms with Gasteiger partial charge in [-0.1, -0.05) is 19.3 Å². The summed E-state index contributed by atoms with van der Waals surface area (Å²) < 4.78 is 10.9. The lowest BCUT2D eigenvalue weighted by Crippen LogP contribution is -2.31. The van der Waals surface area contributed by atoms with E-state index in [1.807, 2.05) is 6.20 Å². The fraction of sp³-hybridized carbons (Fsp3) is 0.545. The third-order valence-corrected chi connectivity index (χ3v) is 5.98. The van der Waals surface area contributed by atoms with Crippen molar-refractivity contribution in [2.45, 2.75) is 57.5 Å². The Hall–Kier alpha value is -2.34. The Bertz CT molecular complexity index is 809. The fourth-order valence-electron chi connectivity index (χ4n) is 4.43. The van der Waals surface area contributed by atoms with Crippen molar-refractivity contribution < 1.29 is 14.6 Å². The highest BCUT2D eigenvalue weighted by Crippen LogP contribution is 2.36. The van der Waals surface area contributed by atoms with Gasteiger partial charge in [0.2, 0.25) is 0 Å². The summed E-state index contributed by atoms with van der Waals surface area (Å²) in [6, 6.07) is 3.27. The van der Waals surface area contributed by atoms with E-state index in [0.717, 1.165) is 30.9 Å². The molecule has 0 amide bonds. The predicted octanol–water partition coefficient (Wildman–Crippen LogP) is 3.81. The van der Waals surface area contributed by atoms with E-state index >= 15 is 0 Å². The quantitative estimate of drug-likeness (QED) is 0.847. The normalized spacial score (nSPS) is 17.9. The van der Waals surface area contributed by atoms with E-state index in [0.29, 0.717) is 24.0 Å². The second-order valence-electron chi connectivity index (χ2n) is 7.82. The van der Waals surface area contributed by atoms with Gasteiger partial charge in [0.25, 0.3) is 0 Å². The first-order valence-corrected chi connectivity index (χ1v) is 10.2. The zero-order valence-electron chi connectivity index (χ0n) is 16.8. The number of hydrogen-bond donors (Lipinski definition) is 1. The van der Waals surface area contributed by atoms with E-state index in [1.54, 1.807) is 26.4 Å². The molecule has 1 aliphatic carbocycles. The topological polar surface area (TPSA) is 67.7 Å². The Kier molecular flexibility index (Phi) is 5.67. The van der Waals surface area contributed by atoms with Crippen molar-refractivity contribution in [2.75, 3.05) is 20.8 Å². The number of fused-ring (bicyclic) bond motifs is 1. The van der Waals surface area contributed by atoms with Crippen molar-refractivity contribution in [3.05, 3.63) is 41.0 Å². The molecule has 4 rings (SSSR count). The molecule has 1 N–H and O–H groups in total. The van der Waals surface area contributed by atoms with E-state index in [1.165, 1.54) is 43.4 Å². The standard InChI is InChI=1S/C22H29N3O3/c1-27-20-10-17(26)11-21(28-2)18(20)14-25-9-8-19-16(13-25)12-23-22(24-19)15-6-4-3-5-7-15/h10-12,15,26H,3-9,13-14H2,1-2H3. The molecule has 1 aromatic carbocycles. The molecule has 0 saturated heterocycles. The van der Waals surface area contributed by atoms with Crippen molar-refractivity contribution in [1.29, 1.82) is 0 Å². The summed E-state index contributed by atoms with van der Waals surface area (Å²) in [5.41, 5.74) is 3.37. The highest BCUT2D eigenvalue weighted by atomic mass is 16.5. The molecule has 2 aliphatic rings. The Morgan fingerprint density at radius 2 is 1.82 bits per heavy atom. The number of ether oxygens (including phenoxy) is 2. The van der Waals surface area contributed by atoms with E-state index in [-0.39, 0.29) is 5.75 Å². The van der Waals surface area contributed by atoms with Crippen LogP contribution in [-0.4, -0.2) is 40.7 Å². The zero-order chi connectivity index (χ0) is 19.5. The van der Waals surface area contributed by atoms with Crippen LogP contribution in [-0.2, 0) is 19.5 Å². The van der Waals surface area contributed by atoms with Gasteiger partial charge in [-0.15, -0.1) is 0 Å². The van der Waals surface area contributed by atoms with Gasteiger partial charge in [0, 0.05) is 61.6 Å². The number of rotatable bonds is 5. The molecule has 0 atom stereocenters. The first-order valence-electron chi connectivity index (χ1n) is 10.2. The summed E-state index contributed by atoms with van der Waals surface area (Å²) >= 11 is 0. The SMILES string of the molecule is COc1cc(O)cc(OC)c1CN1CCc2nc(C3CCCCC3)ncc2C1. The predicted molar refractivity (Wildman–Crippen MR) is 107 cm³/mol. The number of hydrogen-bond acceptors (Lipinski definition) is 6. The molecule has 1 aromatic heterocycles. The zero-order valence-corrected chi connectivity index (χ0v) is 16.8. The van der Waals surface area contributed by atoms with Crippen molar-refractivity contribution in [3.8, 4) is 17.2 Å². The van der Waals surface area contributed by atoms with Crippen LogP contribution in [0.4, 0.5) is 0 Å². The van der Waals surface area contributed by atoms with Crippen molar-refractivity contribution in [3.63, 3.8) is 0 Å². The van der Waals surface area contributed by atoms with Gasteiger partial charge in [0.1, 0.15) is 23.1 Å². The van der Waals surface area contributed by atoms with Crippen molar-refractivity contribution >= 4 is 0 Å². The number of methoxy groups -OCH3 is 2. The van der Waals surface area contributed by atoms with E-state index < -0.39 is 0 Å². The highest BCUT2D eigenvalue weighted by molar-refractivity contribution is 5.50. The summed E-state index contributed by atoms with van der Waals surface area (Å²) in [5.74, 6) is 3.03. The molecule has 6 nitrogen and oxygen atoms in total. The van der Waals surface area contributed by atoms with E-state index in [9.17, 15) is 5.11 Å². The maximum atomic E-state index is 9.86. The van der Waals surface area contributed by atoms with Crippen LogP contribution >= 0.6 is 0 Å². The van der Waals surface area contributed by atoms with Gasteiger partial charge in [-0.25, -0.2) is 9.97 Å². The van der Waals surface area contributed by atoms with E-state index in [2.05, 4.69) is 4.90 Å². The summed E-state index contributed by atoms with van der Waals surface area (Å²) in [7, 11) is 3.23. The van der Waals surface area contributed by atoms with Crippen LogP contribution in [0.5, 0.6) is 17.2 Å². The second kappa shape index (κ2) is 8.35. The minimum absolute atomic E-state index is 0.144. The largest absolute Gasteiger partial charge is 0.508 e. The smallest absolute Gasteiger partial charge is 0.131 e. The van der Waals surface area contributed by atoms with Gasteiger partial charge < -0.3 is 14.6 Å². The lowest BCUT2D eigenvalue weighted by Gasteiger charge is -2.30. The van der Waals surface area contributed by atoms with Gasteiger partial charge in [-0.05, 0) is 12.8 Å². The average Bonchev–Trinajstić information content (AvgIpc) is 2.74. The number of nitrogens with zero attached hydrogens (tertiary/aromatic N) is 3. The molecule has 1 saturated carbocycles. The first kappa shape index (κ1) is 19.0. The van der Waals surface area contributed by atoms with Gasteiger partial charge in [-0.2, -0.15) is 0 Å². The number of phenols is 1. The second-order valence-corrected chi connectivity index (χ2v) is 7.82.